The smallest absolute Gasteiger partial charge is 0.327 e. The quantitative estimate of drug-likeness (QED) is 0.420. The van der Waals surface area contributed by atoms with Crippen molar-refractivity contribution in [2.24, 2.45) is 5.92 Å². The van der Waals surface area contributed by atoms with Crippen LogP contribution in [0.15, 0.2) is 12.8 Å². The first-order chi connectivity index (χ1) is 8.33. The molecule has 0 unspecified atom stereocenters. The highest BCUT2D eigenvalue weighted by Gasteiger charge is 2.25. The van der Waals surface area contributed by atoms with Crippen LogP contribution in [-0.4, -0.2) is 45.7 Å². The highest BCUT2D eigenvalue weighted by atomic mass is 16.3. The van der Waals surface area contributed by atoms with Gasteiger partial charge in [-0.15, -0.1) is 0 Å². The molecule has 0 spiro atoms. The molecule has 0 rings (SSSR count). The number of rotatable bonds is 6. The minimum absolute atomic E-state index is 0.0102. The van der Waals surface area contributed by atoms with Crippen molar-refractivity contribution >= 4 is 11.9 Å². The van der Waals surface area contributed by atoms with Crippen molar-refractivity contribution in [2.45, 2.75) is 39.3 Å². The minimum Gasteiger partial charge on any atom is -0.396 e. The third-order valence-corrected chi connectivity index (χ3v) is 2.68. The first kappa shape index (κ1) is 16.6. The molecule has 0 aromatic heterocycles. The van der Waals surface area contributed by atoms with Crippen molar-refractivity contribution in [3.8, 4) is 0 Å². The van der Waals surface area contributed by atoms with Crippen LogP contribution in [0.2, 0.25) is 0 Å². The molecule has 0 aliphatic rings. The maximum absolute atomic E-state index is 11.7. The number of carbonyl (C=O) groups excluding carboxylic acids is 1. The van der Waals surface area contributed by atoms with Crippen LogP contribution in [0.5, 0.6) is 0 Å². The minimum atomic E-state index is -0.762. The Bertz CT molecular complexity index is 307. The predicted octanol–water partition coefficient (Wildman–Crippen LogP) is 0.907. The number of urea groups is 1. The number of carbonyl (C=O) groups is 1. The number of hydrogen-bond acceptors (Lipinski definition) is 4. The Kier molecular flexibility index (Phi) is 7.23. The molecule has 6 nitrogen and oxygen atoms in total. The summed E-state index contributed by atoms with van der Waals surface area (Å²) in [6.07, 6.45) is 0.941. The lowest BCUT2D eigenvalue weighted by molar-refractivity contribution is 0.0657. The van der Waals surface area contributed by atoms with Crippen molar-refractivity contribution in [3.63, 3.8) is 0 Å². The molecule has 0 aromatic rings. The summed E-state index contributed by atoms with van der Waals surface area (Å²) in [6, 6.07) is -0.975. The fourth-order valence-electron chi connectivity index (χ4n) is 1.53. The molecule has 4 N–H and O–H groups in total. The molecule has 0 aliphatic carbocycles. The zero-order valence-corrected chi connectivity index (χ0v) is 11.2. The van der Waals surface area contributed by atoms with Crippen molar-refractivity contribution < 1.29 is 15.0 Å². The van der Waals surface area contributed by atoms with E-state index in [0.29, 0.717) is 6.42 Å². The van der Waals surface area contributed by atoms with Gasteiger partial charge in [0.1, 0.15) is 0 Å². The Morgan fingerprint density at radius 2 is 2.11 bits per heavy atom. The summed E-state index contributed by atoms with van der Waals surface area (Å²) in [4.78, 5) is 13.0. The first-order valence-electron chi connectivity index (χ1n) is 5.89. The summed E-state index contributed by atoms with van der Waals surface area (Å²) in [6.45, 7) is 8.47. The summed E-state index contributed by atoms with van der Waals surface area (Å²) >= 11 is 0. The van der Waals surface area contributed by atoms with Gasteiger partial charge in [0.2, 0.25) is 0 Å². The molecule has 2 amide bonds. The van der Waals surface area contributed by atoms with Gasteiger partial charge in [0.15, 0.2) is 0 Å². The zero-order chi connectivity index (χ0) is 14.3. The number of nitrogens with zero attached hydrogens (tertiary/aromatic N) is 1. The number of aliphatic hydroxyl groups excluding tert-OH is 2. The van der Waals surface area contributed by atoms with E-state index in [1.165, 1.54) is 18.0 Å². The maximum Gasteiger partial charge on any atom is 0.327 e. The zero-order valence-electron chi connectivity index (χ0n) is 11.2. The molecule has 0 saturated carbocycles. The Labute approximate surface area is 108 Å². The van der Waals surface area contributed by atoms with E-state index in [9.17, 15) is 9.90 Å². The molecule has 18 heavy (non-hydrogen) atoms. The van der Waals surface area contributed by atoms with Crippen LogP contribution in [0.4, 0.5) is 4.79 Å². The molecular weight excluding hydrogens is 234 g/mol. The lowest BCUT2D eigenvalue weighted by Gasteiger charge is -2.30. The van der Waals surface area contributed by atoms with Gasteiger partial charge >= 0.3 is 6.03 Å². The fraction of sp³-hybridized carbons (Fsp3) is 0.667. The number of nitrogens with one attached hydrogen (secondary N) is 2. The Morgan fingerprint density at radius 1 is 1.56 bits per heavy atom. The SMILES string of the molecule is C=CN(C(=O)NC(C)=N)[C@H](C)[C@@H](O)C[C@H](C)CO. The Hall–Kier alpha value is -1.40. The van der Waals surface area contributed by atoms with Gasteiger partial charge in [-0.05, 0) is 26.2 Å². The van der Waals surface area contributed by atoms with E-state index in [-0.39, 0.29) is 18.4 Å². The second-order valence-corrected chi connectivity index (χ2v) is 4.48. The Balaban J connectivity index is 4.59. The monoisotopic (exact) mass is 257 g/mol. The third-order valence-electron chi connectivity index (χ3n) is 2.68. The van der Waals surface area contributed by atoms with E-state index < -0.39 is 18.2 Å². The van der Waals surface area contributed by atoms with Crippen molar-refractivity contribution in [2.75, 3.05) is 6.61 Å². The van der Waals surface area contributed by atoms with E-state index in [1.54, 1.807) is 6.92 Å². The summed E-state index contributed by atoms with van der Waals surface area (Å²) in [7, 11) is 0. The van der Waals surface area contributed by atoms with Gasteiger partial charge in [0.05, 0.1) is 18.0 Å². The molecule has 0 aliphatic heterocycles. The Morgan fingerprint density at radius 3 is 2.50 bits per heavy atom. The molecule has 6 heteroatoms. The van der Waals surface area contributed by atoms with E-state index in [2.05, 4.69) is 11.9 Å². The highest BCUT2D eigenvalue weighted by molar-refractivity contribution is 5.94. The number of amidine groups is 1. The number of amides is 2. The first-order valence-corrected chi connectivity index (χ1v) is 5.89. The predicted molar refractivity (Wildman–Crippen MR) is 70.3 cm³/mol. The summed E-state index contributed by atoms with van der Waals surface area (Å²) in [5.41, 5.74) is 0. The average molecular weight is 257 g/mol. The van der Waals surface area contributed by atoms with Gasteiger partial charge in [-0.1, -0.05) is 13.5 Å². The molecule has 0 radical (unpaired) electrons. The number of hydrogen-bond donors (Lipinski definition) is 4. The van der Waals surface area contributed by atoms with Crippen molar-refractivity contribution in [1.29, 1.82) is 5.41 Å². The van der Waals surface area contributed by atoms with Crippen LogP contribution in [0, 0.1) is 11.3 Å². The lowest BCUT2D eigenvalue weighted by atomic mass is 9.99. The van der Waals surface area contributed by atoms with E-state index in [4.69, 9.17) is 10.5 Å². The molecule has 0 aromatic carbocycles. The van der Waals surface area contributed by atoms with Crippen LogP contribution in [0.1, 0.15) is 27.2 Å². The van der Waals surface area contributed by atoms with Gasteiger partial charge < -0.3 is 10.2 Å². The maximum atomic E-state index is 11.7. The normalized spacial score (nSPS) is 15.4. The molecule has 0 fully saturated rings. The van der Waals surface area contributed by atoms with Crippen LogP contribution in [0.3, 0.4) is 0 Å². The van der Waals surface area contributed by atoms with Crippen LogP contribution < -0.4 is 5.32 Å². The average Bonchev–Trinajstić information content (AvgIpc) is 2.28. The van der Waals surface area contributed by atoms with Crippen molar-refractivity contribution in [3.05, 3.63) is 12.8 Å². The molecule has 0 heterocycles. The van der Waals surface area contributed by atoms with Crippen LogP contribution >= 0.6 is 0 Å². The molecule has 0 saturated heterocycles. The van der Waals surface area contributed by atoms with Gasteiger partial charge in [-0.2, -0.15) is 0 Å². The number of aliphatic hydroxyl groups is 2. The molecule has 3 atom stereocenters. The van der Waals surface area contributed by atoms with Gasteiger partial charge in [-0.3, -0.25) is 15.6 Å². The second kappa shape index (κ2) is 7.84. The molecule has 0 bridgehead atoms. The van der Waals surface area contributed by atoms with E-state index in [1.807, 2.05) is 6.92 Å². The molecular formula is C12H23N3O3. The summed E-state index contributed by atoms with van der Waals surface area (Å²) in [5.74, 6) is -0.0149. The van der Waals surface area contributed by atoms with Gasteiger partial charge in [0.25, 0.3) is 0 Å². The van der Waals surface area contributed by atoms with Gasteiger partial charge in [-0.25, -0.2) is 4.79 Å². The van der Waals surface area contributed by atoms with Gasteiger partial charge in [0, 0.05) is 12.8 Å². The fourth-order valence-corrected chi connectivity index (χ4v) is 1.53. The standard InChI is InChI=1S/C12H23N3O3/c1-5-15(12(18)14-10(4)13)9(3)11(17)6-8(2)7-16/h5,8-9,11,16-17H,1,6-7H2,2-4H3,(H2,13,14,18)/t8-,9+,11-/m0/s1. The highest BCUT2D eigenvalue weighted by Crippen LogP contribution is 2.13. The van der Waals surface area contributed by atoms with Crippen molar-refractivity contribution in [1.82, 2.24) is 10.2 Å². The third kappa shape index (κ3) is 5.29. The summed E-state index contributed by atoms with van der Waals surface area (Å²) in [5, 5.41) is 28.4. The summed E-state index contributed by atoms with van der Waals surface area (Å²) < 4.78 is 0. The topological polar surface area (TPSA) is 96.7 Å². The largest absolute Gasteiger partial charge is 0.396 e. The molecule has 104 valence electrons. The van der Waals surface area contributed by atoms with Crippen LogP contribution in [0.25, 0.3) is 0 Å². The van der Waals surface area contributed by atoms with E-state index >= 15 is 0 Å². The van der Waals surface area contributed by atoms with Crippen LogP contribution in [-0.2, 0) is 0 Å². The second-order valence-electron chi connectivity index (χ2n) is 4.48. The van der Waals surface area contributed by atoms with E-state index in [0.717, 1.165) is 0 Å². The lowest BCUT2D eigenvalue weighted by Crippen LogP contribution is -2.48.